The van der Waals surface area contributed by atoms with Gasteiger partial charge >= 0.3 is 0 Å². The van der Waals surface area contributed by atoms with Gasteiger partial charge in [-0.1, -0.05) is 43.3 Å². The van der Waals surface area contributed by atoms with Crippen LogP contribution in [-0.4, -0.2) is 33.1 Å². The van der Waals surface area contributed by atoms with Gasteiger partial charge in [-0.15, -0.1) is 0 Å². The summed E-state index contributed by atoms with van der Waals surface area (Å²) in [6.07, 6.45) is 4.54. The number of hydrogen-bond acceptors (Lipinski definition) is 5. The van der Waals surface area contributed by atoms with Crippen molar-refractivity contribution in [2.75, 3.05) is 13.1 Å². The fourth-order valence-corrected chi connectivity index (χ4v) is 3.46. The molecule has 1 saturated heterocycles. The van der Waals surface area contributed by atoms with Crippen LogP contribution in [0, 0.1) is 0 Å². The summed E-state index contributed by atoms with van der Waals surface area (Å²) in [7, 11) is 0. The van der Waals surface area contributed by atoms with E-state index in [0.717, 1.165) is 37.5 Å². The van der Waals surface area contributed by atoms with E-state index in [4.69, 9.17) is 4.52 Å². The highest BCUT2D eigenvalue weighted by Crippen LogP contribution is 2.28. The molecule has 1 atom stereocenters. The molecule has 0 unspecified atom stereocenters. The van der Waals surface area contributed by atoms with Crippen LogP contribution in [0.2, 0.25) is 0 Å². The molecule has 4 rings (SSSR count). The first-order valence-electron chi connectivity index (χ1n) is 9.24. The van der Waals surface area contributed by atoms with Crippen LogP contribution in [0.25, 0.3) is 11.4 Å². The van der Waals surface area contributed by atoms with Crippen LogP contribution < -0.4 is 0 Å². The molecular formula is C21H24N4O. The highest BCUT2D eigenvalue weighted by Gasteiger charge is 2.28. The van der Waals surface area contributed by atoms with Crippen molar-refractivity contribution in [1.82, 2.24) is 20.0 Å². The number of nitrogens with zero attached hydrogens (tertiary/aromatic N) is 4. The predicted octanol–water partition coefficient (Wildman–Crippen LogP) is 4.24. The molecule has 1 aromatic carbocycles. The average Bonchev–Trinajstić information content (AvgIpc) is 3.32. The van der Waals surface area contributed by atoms with Gasteiger partial charge in [-0.05, 0) is 42.1 Å². The zero-order valence-corrected chi connectivity index (χ0v) is 15.3. The van der Waals surface area contributed by atoms with Crippen LogP contribution in [0.3, 0.4) is 0 Å². The van der Waals surface area contributed by atoms with Gasteiger partial charge in [0, 0.05) is 31.0 Å². The summed E-state index contributed by atoms with van der Waals surface area (Å²) in [6.45, 7) is 7.45. The molecule has 0 radical (unpaired) electrons. The minimum absolute atomic E-state index is 0.313. The molecule has 0 N–H and O–H groups in total. The molecule has 134 valence electrons. The van der Waals surface area contributed by atoms with E-state index in [1.807, 2.05) is 12.1 Å². The Balaban J connectivity index is 1.39. The third-order valence-electron chi connectivity index (χ3n) is 5.05. The van der Waals surface area contributed by atoms with E-state index in [1.54, 1.807) is 12.4 Å². The average molecular weight is 348 g/mol. The van der Waals surface area contributed by atoms with Gasteiger partial charge in [0.25, 0.3) is 0 Å². The maximum atomic E-state index is 5.54. The zero-order chi connectivity index (χ0) is 17.9. The molecule has 0 spiro atoms. The smallest absolute Gasteiger partial charge is 0.231 e. The van der Waals surface area contributed by atoms with Crippen molar-refractivity contribution in [3.63, 3.8) is 0 Å². The van der Waals surface area contributed by atoms with E-state index in [9.17, 15) is 0 Å². The molecular weight excluding hydrogens is 324 g/mol. The summed E-state index contributed by atoms with van der Waals surface area (Å²) < 4.78 is 5.54. The lowest BCUT2D eigenvalue weighted by atomic mass is 10.0. The van der Waals surface area contributed by atoms with Crippen LogP contribution in [0.15, 0.2) is 53.3 Å². The second-order valence-corrected chi connectivity index (χ2v) is 7.31. The van der Waals surface area contributed by atoms with Crippen LogP contribution in [0.4, 0.5) is 0 Å². The van der Waals surface area contributed by atoms with Crippen molar-refractivity contribution in [2.24, 2.45) is 0 Å². The maximum Gasteiger partial charge on any atom is 0.231 e. The number of rotatable bonds is 5. The Bertz CT molecular complexity index is 842. The molecule has 0 amide bonds. The van der Waals surface area contributed by atoms with Gasteiger partial charge in [-0.2, -0.15) is 4.98 Å². The molecule has 26 heavy (non-hydrogen) atoms. The van der Waals surface area contributed by atoms with Gasteiger partial charge < -0.3 is 4.52 Å². The number of likely N-dealkylation sites (tertiary alicyclic amines) is 1. The normalized spacial score (nSPS) is 17.9. The monoisotopic (exact) mass is 348 g/mol. The number of aromatic nitrogens is 3. The standard InChI is InChI=1S/C21H24N4O/c1-15(2)17-5-3-16(4-6-17)13-25-12-9-19(14-25)21-23-20(24-26-21)18-7-10-22-11-8-18/h3-8,10-11,15,19H,9,12-14H2,1-2H3/t19-/m1/s1. The molecule has 5 nitrogen and oxygen atoms in total. The number of pyridine rings is 1. The largest absolute Gasteiger partial charge is 0.339 e. The molecule has 0 aliphatic carbocycles. The third kappa shape index (κ3) is 3.68. The minimum Gasteiger partial charge on any atom is -0.339 e. The van der Waals surface area contributed by atoms with Crippen molar-refractivity contribution in [1.29, 1.82) is 0 Å². The lowest BCUT2D eigenvalue weighted by Gasteiger charge is -2.16. The van der Waals surface area contributed by atoms with Gasteiger partial charge in [0.05, 0.1) is 5.92 Å². The highest BCUT2D eigenvalue weighted by molar-refractivity contribution is 5.52. The Morgan fingerprint density at radius 3 is 2.62 bits per heavy atom. The Morgan fingerprint density at radius 2 is 1.88 bits per heavy atom. The maximum absolute atomic E-state index is 5.54. The summed E-state index contributed by atoms with van der Waals surface area (Å²) in [4.78, 5) is 11.1. The van der Waals surface area contributed by atoms with Crippen molar-refractivity contribution < 1.29 is 4.52 Å². The van der Waals surface area contributed by atoms with Gasteiger partial charge in [0.15, 0.2) is 0 Å². The molecule has 1 aliphatic rings. The molecule has 1 fully saturated rings. The highest BCUT2D eigenvalue weighted by atomic mass is 16.5. The van der Waals surface area contributed by atoms with Crippen molar-refractivity contribution in [2.45, 2.75) is 38.6 Å². The minimum atomic E-state index is 0.313. The number of benzene rings is 1. The second-order valence-electron chi connectivity index (χ2n) is 7.31. The fourth-order valence-electron chi connectivity index (χ4n) is 3.46. The summed E-state index contributed by atoms with van der Waals surface area (Å²) in [5.41, 5.74) is 3.69. The van der Waals surface area contributed by atoms with Crippen LogP contribution in [-0.2, 0) is 6.54 Å². The Hall–Kier alpha value is -2.53. The van der Waals surface area contributed by atoms with Gasteiger partial charge in [-0.25, -0.2) is 0 Å². The first-order valence-corrected chi connectivity index (χ1v) is 9.24. The first kappa shape index (κ1) is 16.9. The van der Waals surface area contributed by atoms with Gasteiger partial charge in [-0.3, -0.25) is 9.88 Å². The van der Waals surface area contributed by atoms with Gasteiger partial charge in [0.1, 0.15) is 0 Å². The second kappa shape index (κ2) is 7.38. The summed E-state index contributed by atoms with van der Waals surface area (Å²) in [6, 6.07) is 12.8. The quantitative estimate of drug-likeness (QED) is 0.690. The summed E-state index contributed by atoms with van der Waals surface area (Å²) in [5, 5.41) is 4.13. The topological polar surface area (TPSA) is 55.1 Å². The molecule has 3 heterocycles. The predicted molar refractivity (Wildman–Crippen MR) is 101 cm³/mol. The Morgan fingerprint density at radius 1 is 1.12 bits per heavy atom. The lowest BCUT2D eigenvalue weighted by Crippen LogP contribution is -2.19. The summed E-state index contributed by atoms with van der Waals surface area (Å²) in [5.74, 6) is 2.28. The Labute approximate surface area is 154 Å². The van der Waals surface area contributed by atoms with Gasteiger partial charge in [0.2, 0.25) is 11.7 Å². The first-order chi connectivity index (χ1) is 12.7. The zero-order valence-electron chi connectivity index (χ0n) is 15.3. The van der Waals surface area contributed by atoms with E-state index >= 15 is 0 Å². The molecule has 3 aromatic rings. The molecule has 5 heteroatoms. The van der Waals surface area contributed by atoms with E-state index in [0.29, 0.717) is 17.7 Å². The number of hydrogen-bond donors (Lipinski definition) is 0. The van der Waals surface area contributed by atoms with Crippen LogP contribution in [0.5, 0.6) is 0 Å². The van der Waals surface area contributed by atoms with Crippen LogP contribution >= 0.6 is 0 Å². The molecule has 1 aliphatic heterocycles. The molecule has 0 bridgehead atoms. The van der Waals surface area contributed by atoms with E-state index in [1.165, 1.54) is 11.1 Å². The summed E-state index contributed by atoms with van der Waals surface area (Å²) >= 11 is 0. The van der Waals surface area contributed by atoms with Crippen molar-refractivity contribution in [3.05, 3.63) is 65.8 Å². The third-order valence-corrected chi connectivity index (χ3v) is 5.05. The lowest BCUT2D eigenvalue weighted by molar-refractivity contribution is 0.309. The Kier molecular flexibility index (Phi) is 4.80. The van der Waals surface area contributed by atoms with Crippen molar-refractivity contribution in [3.8, 4) is 11.4 Å². The van der Waals surface area contributed by atoms with E-state index < -0.39 is 0 Å². The van der Waals surface area contributed by atoms with E-state index in [2.05, 4.69) is 58.1 Å². The van der Waals surface area contributed by atoms with E-state index in [-0.39, 0.29) is 0 Å². The van der Waals surface area contributed by atoms with Crippen molar-refractivity contribution >= 4 is 0 Å². The molecule has 0 saturated carbocycles. The van der Waals surface area contributed by atoms with Crippen LogP contribution in [0.1, 0.15) is 49.1 Å². The fraction of sp³-hybridized carbons (Fsp3) is 0.381. The SMILES string of the molecule is CC(C)c1ccc(CN2CC[C@@H](c3nc(-c4ccncc4)no3)C2)cc1. The molecule has 2 aromatic heterocycles.